The number of hydrogen-bond acceptors (Lipinski definition) is 4. The maximum absolute atomic E-state index is 6.38. The molecule has 6 heteroatoms. The maximum atomic E-state index is 6.38. The van der Waals surface area contributed by atoms with Gasteiger partial charge in [0.1, 0.15) is 17.3 Å². The van der Waals surface area contributed by atoms with Crippen LogP contribution < -0.4 is 15.0 Å². The number of allylic oxidation sites excluding steroid dienone is 1. The zero-order valence-corrected chi connectivity index (χ0v) is 18.8. The normalized spacial score (nSPS) is 13.0. The average Bonchev–Trinajstić information content (AvgIpc) is 3.39. The molecule has 0 atom stereocenters. The van der Waals surface area contributed by atoms with Crippen LogP contribution in [0.4, 0.5) is 11.5 Å². The van der Waals surface area contributed by atoms with Gasteiger partial charge in [-0.3, -0.25) is 4.99 Å². The molecule has 0 fully saturated rings. The van der Waals surface area contributed by atoms with E-state index in [0.29, 0.717) is 18.1 Å². The Labute approximate surface area is 193 Å². The van der Waals surface area contributed by atoms with Gasteiger partial charge in [-0.2, -0.15) is 9.67 Å². The van der Waals surface area contributed by atoms with Gasteiger partial charge in [-0.25, -0.2) is 4.68 Å². The number of rotatable bonds is 6. The smallest absolute Gasteiger partial charge is 0.223 e. The molecule has 0 unspecified atom stereocenters. The Bertz CT molecular complexity index is 1350. The Hall–Kier alpha value is -4.19. The number of aromatic nitrogens is 3. The molecule has 33 heavy (non-hydrogen) atoms. The monoisotopic (exact) mass is 436 g/mol. The van der Waals surface area contributed by atoms with Crippen LogP contribution in [0.1, 0.15) is 22.4 Å². The topological polar surface area (TPSA) is 69.3 Å². The second-order valence-electron chi connectivity index (χ2n) is 8.16. The molecule has 0 saturated heterocycles. The third-order valence-corrected chi connectivity index (χ3v) is 5.90. The van der Waals surface area contributed by atoms with E-state index in [2.05, 4.69) is 71.3 Å². The average molecular weight is 437 g/mol. The lowest BCUT2D eigenvalue weighted by Crippen LogP contribution is -2.33. The van der Waals surface area contributed by atoms with E-state index < -0.39 is 0 Å². The molecule has 4 aromatic rings. The number of benzene rings is 2. The fourth-order valence-corrected chi connectivity index (χ4v) is 4.08. The zero-order chi connectivity index (χ0) is 22.8. The minimum atomic E-state index is 0.557. The van der Waals surface area contributed by atoms with Crippen LogP contribution in [0, 0.1) is 6.92 Å². The van der Waals surface area contributed by atoms with E-state index in [1.54, 1.807) is 18.0 Å². The number of fused-ring (bicyclic) bond motifs is 1. The molecule has 164 valence electrons. The molecule has 6 nitrogen and oxygen atoms in total. The van der Waals surface area contributed by atoms with Crippen molar-refractivity contribution in [3.63, 3.8) is 0 Å². The second kappa shape index (κ2) is 8.74. The lowest BCUT2D eigenvalue weighted by atomic mass is 10.1. The number of nitrogens with zero attached hydrogens (tertiary/aromatic N) is 4. The largest absolute Gasteiger partial charge is 0.497 e. The summed E-state index contributed by atoms with van der Waals surface area (Å²) in [5.41, 5.74) is 14.0. The van der Waals surface area contributed by atoms with Gasteiger partial charge in [0.25, 0.3) is 0 Å². The summed E-state index contributed by atoms with van der Waals surface area (Å²) in [5.74, 6) is 1.39. The van der Waals surface area contributed by atoms with E-state index in [1.165, 1.54) is 11.3 Å². The van der Waals surface area contributed by atoms with Crippen molar-refractivity contribution in [1.82, 2.24) is 9.78 Å². The number of nitrogens with two attached hydrogens (primary N) is 1. The Morgan fingerprint density at radius 1 is 1.09 bits per heavy atom. The van der Waals surface area contributed by atoms with Crippen molar-refractivity contribution >= 4 is 23.4 Å². The Balaban J connectivity index is 1.46. The van der Waals surface area contributed by atoms with Crippen LogP contribution >= 0.6 is 0 Å². The number of anilines is 1. The van der Waals surface area contributed by atoms with Crippen molar-refractivity contribution in [2.45, 2.75) is 19.9 Å². The first-order chi connectivity index (χ1) is 16.1. The molecule has 0 aliphatic carbocycles. The van der Waals surface area contributed by atoms with Crippen LogP contribution in [-0.2, 0) is 13.0 Å². The molecular weight excluding hydrogens is 410 g/mol. The van der Waals surface area contributed by atoms with Gasteiger partial charge >= 0.3 is 0 Å². The lowest BCUT2D eigenvalue weighted by molar-refractivity contribution is -0.582. The quantitative estimate of drug-likeness (QED) is 0.361. The highest BCUT2D eigenvalue weighted by Crippen LogP contribution is 2.27. The minimum absolute atomic E-state index is 0.557. The number of hydrogen-bond donors (Lipinski definition) is 1. The standard InChI is InChI=1S/C27H26N5O/c1-19-6-8-20(9-7-19)18-32-27(28)25(17-30-32)29-16-22-15-23-5-3-4-14-31(23)26(22)21-10-12-24(33-2)13-11-21/h3-14,16-17H,15,18,28H2,1-2H3/q+1. The molecule has 1 aliphatic rings. The van der Waals surface area contributed by atoms with Gasteiger partial charge in [0.05, 0.1) is 31.8 Å². The first kappa shape index (κ1) is 20.7. The lowest BCUT2D eigenvalue weighted by Gasteiger charge is -2.05. The van der Waals surface area contributed by atoms with E-state index in [0.717, 1.165) is 34.6 Å². The molecule has 0 saturated carbocycles. The second-order valence-corrected chi connectivity index (χ2v) is 8.16. The summed E-state index contributed by atoms with van der Waals surface area (Å²) >= 11 is 0. The highest BCUT2D eigenvalue weighted by atomic mass is 16.5. The zero-order valence-electron chi connectivity index (χ0n) is 18.8. The maximum Gasteiger partial charge on any atom is 0.223 e. The van der Waals surface area contributed by atoms with E-state index in [4.69, 9.17) is 15.5 Å². The highest BCUT2D eigenvalue weighted by Gasteiger charge is 2.30. The number of nitrogen functional groups attached to an aromatic ring is 1. The molecule has 1 aliphatic heterocycles. The molecule has 2 N–H and O–H groups in total. The molecule has 0 spiro atoms. The third kappa shape index (κ3) is 4.15. The number of aliphatic imine (C=N–C) groups is 1. The van der Waals surface area contributed by atoms with Crippen LogP contribution in [0.5, 0.6) is 5.75 Å². The molecule has 2 aromatic carbocycles. The molecule has 0 radical (unpaired) electrons. The van der Waals surface area contributed by atoms with Crippen molar-refractivity contribution in [2.24, 2.45) is 4.99 Å². The molecule has 0 bridgehead atoms. The third-order valence-electron chi connectivity index (χ3n) is 5.90. The van der Waals surface area contributed by atoms with Crippen molar-refractivity contribution in [1.29, 1.82) is 0 Å². The summed E-state index contributed by atoms with van der Waals surface area (Å²) in [6.45, 7) is 2.69. The number of pyridine rings is 1. The van der Waals surface area contributed by atoms with Gasteiger partial charge in [-0.05, 0) is 36.8 Å². The van der Waals surface area contributed by atoms with Crippen LogP contribution in [0.25, 0.3) is 5.70 Å². The van der Waals surface area contributed by atoms with Gasteiger partial charge in [0.15, 0.2) is 11.9 Å². The molecule has 0 amide bonds. The SMILES string of the molecule is COc1ccc(C2=C(C=Nc3cnn(Cc4ccc(C)cc4)c3N)Cc3cccc[n+]32)cc1. The number of aryl methyl sites for hydroxylation is 1. The summed E-state index contributed by atoms with van der Waals surface area (Å²) in [5, 5.41) is 4.46. The first-order valence-corrected chi connectivity index (χ1v) is 10.9. The Morgan fingerprint density at radius 3 is 2.64 bits per heavy atom. The van der Waals surface area contributed by atoms with Gasteiger partial charge < -0.3 is 10.5 Å². The van der Waals surface area contributed by atoms with Gasteiger partial charge in [0, 0.05) is 23.9 Å². The van der Waals surface area contributed by atoms with Crippen LogP contribution in [0.3, 0.4) is 0 Å². The van der Waals surface area contributed by atoms with E-state index in [1.807, 2.05) is 24.4 Å². The van der Waals surface area contributed by atoms with Gasteiger partial charge in [0.2, 0.25) is 5.70 Å². The van der Waals surface area contributed by atoms with E-state index >= 15 is 0 Å². The fourth-order valence-electron chi connectivity index (χ4n) is 4.08. The van der Waals surface area contributed by atoms with Crippen molar-refractivity contribution < 1.29 is 9.30 Å². The van der Waals surface area contributed by atoms with Crippen LogP contribution in [0.15, 0.2) is 89.7 Å². The Morgan fingerprint density at radius 2 is 1.88 bits per heavy atom. The number of ether oxygens (including phenoxy) is 1. The van der Waals surface area contributed by atoms with Crippen molar-refractivity contribution in [3.05, 3.63) is 107 Å². The summed E-state index contributed by atoms with van der Waals surface area (Å²) in [6.07, 6.45) is 6.52. The summed E-state index contributed by atoms with van der Waals surface area (Å²) in [7, 11) is 1.68. The first-order valence-electron chi connectivity index (χ1n) is 10.9. The van der Waals surface area contributed by atoms with Crippen LogP contribution in [-0.4, -0.2) is 23.1 Å². The predicted molar refractivity (Wildman–Crippen MR) is 131 cm³/mol. The van der Waals surface area contributed by atoms with Crippen molar-refractivity contribution in [3.8, 4) is 5.75 Å². The number of methoxy groups -OCH3 is 1. The minimum Gasteiger partial charge on any atom is -0.497 e. The molecule has 3 heterocycles. The summed E-state index contributed by atoms with van der Waals surface area (Å²) in [6, 6.07) is 22.7. The van der Waals surface area contributed by atoms with E-state index in [9.17, 15) is 0 Å². The summed E-state index contributed by atoms with van der Waals surface area (Å²) < 4.78 is 9.33. The predicted octanol–water partition coefficient (Wildman–Crippen LogP) is 4.34. The fraction of sp³-hybridized carbons (Fsp3) is 0.148. The van der Waals surface area contributed by atoms with Gasteiger partial charge in [-0.1, -0.05) is 35.9 Å². The molecule has 5 rings (SSSR count). The molecular formula is C27H26N5O+. The molecule has 2 aromatic heterocycles. The van der Waals surface area contributed by atoms with E-state index in [-0.39, 0.29) is 0 Å². The van der Waals surface area contributed by atoms with Crippen molar-refractivity contribution in [2.75, 3.05) is 12.8 Å². The Kier molecular flexibility index (Phi) is 5.48. The highest BCUT2D eigenvalue weighted by molar-refractivity contribution is 5.92. The summed E-state index contributed by atoms with van der Waals surface area (Å²) in [4.78, 5) is 4.73. The van der Waals surface area contributed by atoms with Crippen LogP contribution in [0.2, 0.25) is 0 Å². The van der Waals surface area contributed by atoms with Gasteiger partial charge in [-0.15, -0.1) is 0 Å².